The minimum absolute atomic E-state index is 0.0101. The van der Waals surface area contributed by atoms with Crippen LogP contribution in [0.4, 0.5) is 15.1 Å². The highest BCUT2D eigenvalue weighted by Crippen LogP contribution is 2.38. The van der Waals surface area contributed by atoms with E-state index in [0.29, 0.717) is 21.4 Å². The number of thiocarbonyl (C=S) groups is 1. The molecule has 0 amide bonds. The van der Waals surface area contributed by atoms with E-state index in [1.54, 1.807) is 6.07 Å². The van der Waals surface area contributed by atoms with Gasteiger partial charge >= 0.3 is 5.97 Å². The van der Waals surface area contributed by atoms with Crippen LogP contribution in [0.15, 0.2) is 18.2 Å². The first-order chi connectivity index (χ1) is 12.5. The number of benzene rings is 1. The van der Waals surface area contributed by atoms with Crippen LogP contribution in [0.3, 0.4) is 0 Å². The predicted molar refractivity (Wildman–Crippen MR) is 108 cm³/mol. The number of halogens is 2. The number of fused-ring (bicyclic) bond motifs is 1. The number of methoxy groups -OCH3 is 1. The minimum Gasteiger partial charge on any atom is -0.465 e. The average molecular weight is 413 g/mol. The molecular formula is C18H18ClFN2O2S2. The number of carbonyl (C=O) groups is 1. The lowest BCUT2D eigenvalue weighted by atomic mass is 10.1. The summed E-state index contributed by atoms with van der Waals surface area (Å²) in [5, 5.41) is 7.03. The molecule has 0 radical (unpaired) electrons. The van der Waals surface area contributed by atoms with Crippen LogP contribution < -0.4 is 10.6 Å². The topological polar surface area (TPSA) is 50.4 Å². The first-order valence-electron chi connectivity index (χ1n) is 8.25. The third-order valence-corrected chi connectivity index (χ3v) is 5.92. The van der Waals surface area contributed by atoms with Crippen LogP contribution in [0.1, 0.15) is 40.1 Å². The lowest BCUT2D eigenvalue weighted by Crippen LogP contribution is -2.20. The Morgan fingerprint density at radius 3 is 2.77 bits per heavy atom. The maximum absolute atomic E-state index is 13.3. The molecule has 0 bridgehead atoms. The number of carbonyl (C=O) groups excluding carboxylic acids is 1. The lowest BCUT2D eigenvalue weighted by Gasteiger charge is -2.11. The normalized spacial score (nSPS) is 13.5. The van der Waals surface area contributed by atoms with Crippen molar-refractivity contribution < 1.29 is 13.9 Å². The molecule has 1 aliphatic rings. The fourth-order valence-corrected chi connectivity index (χ4v) is 4.73. The number of aryl methyl sites for hydroxylation is 1. The van der Waals surface area contributed by atoms with E-state index >= 15 is 0 Å². The number of nitrogens with one attached hydrogen (secondary N) is 2. The molecule has 0 unspecified atom stereocenters. The van der Waals surface area contributed by atoms with Crippen LogP contribution in [0.5, 0.6) is 0 Å². The SMILES string of the molecule is COC(=O)c1c(NC(=S)Nc2ccc(F)c(Cl)c2)sc2c1CCCCC2. The van der Waals surface area contributed by atoms with E-state index in [0.717, 1.165) is 37.7 Å². The molecule has 0 fully saturated rings. The summed E-state index contributed by atoms with van der Waals surface area (Å²) < 4.78 is 18.2. The van der Waals surface area contributed by atoms with Crippen molar-refractivity contribution in [3.05, 3.63) is 45.0 Å². The van der Waals surface area contributed by atoms with E-state index in [9.17, 15) is 9.18 Å². The van der Waals surface area contributed by atoms with Crippen LogP contribution in [0.25, 0.3) is 0 Å². The Morgan fingerprint density at radius 1 is 1.27 bits per heavy atom. The molecule has 1 aliphatic carbocycles. The molecular weight excluding hydrogens is 395 g/mol. The number of esters is 1. The van der Waals surface area contributed by atoms with Crippen molar-refractivity contribution in [3.63, 3.8) is 0 Å². The molecule has 4 nitrogen and oxygen atoms in total. The number of hydrogen-bond donors (Lipinski definition) is 2. The fourth-order valence-electron chi connectivity index (χ4n) is 2.99. The number of hydrogen-bond acceptors (Lipinski definition) is 4. The largest absolute Gasteiger partial charge is 0.465 e. The van der Waals surface area contributed by atoms with Gasteiger partial charge in [0, 0.05) is 10.6 Å². The van der Waals surface area contributed by atoms with Gasteiger partial charge in [0.1, 0.15) is 10.8 Å². The molecule has 1 aromatic carbocycles. The molecule has 26 heavy (non-hydrogen) atoms. The number of ether oxygens (including phenoxy) is 1. The van der Waals surface area contributed by atoms with E-state index in [1.165, 1.54) is 35.5 Å². The van der Waals surface area contributed by atoms with E-state index in [2.05, 4.69) is 10.6 Å². The zero-order valence-electron chi connectivity index (χ0n) is 14.2. The van der Waals surface area contributed by atoms with Crippen molar-refractivity contribution in [2.24, 2.45) is 0 Å². The van der Waals surface area contributed by atoms with E-state index in [1.807, 2.05) is 0 Å². The van der Waals surface area contributed by atoms with Crippen molar-refractivity contribution in [1.29, 1.82) is 0 Å². The number of rotatable bonds is 3. The Bertz CT molecular complexity index is 854. The van der Waals surface area contributed by atoms with Gasteiger partial charge in [0.15, 0.2) is 5.11 Å². The first-order valence-corrected chi connectivity index (χ1v) is 9.85. The highest BCUT2D eigenvalue weighted by Gasteiger charge is 2.25. The van der Waals surface area contributed by atoms with Gasteiger partial charge in [0.05, 0.1) is 17.7 Å². The van der Waals surface area contributed by atoms with Gasteiger partial charge in [-0.15, -0.1) is 11.3 Å². The van der Waals surface area contributed by atoms with Crippen LogP contribution in [0, 0.1) is 5.82 Å². The Labute approximate surface area is 165 Å². The molecule has 3 rings (SSSR count). The summed E-state index contributed by atoms with van der Waals surface area (Å²) in [6.45, 7) is 0. The van der Waals surface area contributed by atoms with Crippen molar-refractivity contribution in [2.45, 2.75) is 32.1 Å². The standard InChI is InChI=1S/C18H18ClFN2O2S2/c1-24-17(23)15-11-5-3-2-4-6-14(11)26-16(15)22-18(25)21-10-7-8-13(20)12(19)9-10/h7-9H,2-6H2,1H3,(H2,21,22,25). The summed E-state index contributed by atoms with van der Waals surface area (Å²) >= 11 is 12.7. The molecule has 2 aromatic rings. The number of anilines is 2. The van der Waals surface area contributed by atoms with Gasteiger partial charge < -0.3 is 15.4 Å². The molecule has 0 spiro atoms. The second kappa shape index (κ2) is 8.33. The zero-order valence-corrected chi connectivity index (χ0v) is 16.5. The zero-order chi connectivity index (χ0) is 18.7. The van der Waals surface area contributed by atoms with Gasteiger partial charge in [-0.25, -0.2) is 9.18 Å². The van der Waals surface area contributed by atoms with E-state index in [4.69, 9.17) is 28.6 Å². The summed E-state index contributed by atoms with van der Waals surface area (Å²) in [6.07, 6.45) is 5.16. The molecule has 2 N–H and O–H groups in total. The molecule has 0 saturated carbocycles. The third kappa shape index (κ3) is 4.16. The monoisotopic (exact) mass is 412 g/mol. The van der Waals surface area contributed by atoms with Crippen LogP contribution >= 0.6 is 35.2 Å². The quantitative estimate of drug-likeness (QED) is 0.401. The highest BCUT2D eigenvalue weighted by atomic mass is 35.5. The van der Waals surface area contributed by atoms with Crippen LogP contribution in [-0.4, -0.2) is 18.2 Å². The molecule has 8 heteroatoms. The third-order valence-electron chi connectivity index (χ3n) is 4.22. The van der Waals surface area contributed by atoms with E-state index < -0.39 is 5.82 Å². The molecule has 0 saturated heterocycles. The smallest absolute Gasteiger partial charge is 0.341 e. The van der Waals surface area contributed by atoms with Crippen molar-refractivity contribution in [3.8, 4) is 0 Å². The van der Waals surface area contributed by atoms with Gasteiger partial charge in [-0.1, -0.05) is 18.0 Å². The van der Waals surface area contributed by atoms with Gasteiger partial charge in [0.25, 0.3) is 0 Å². The van der Waals surface area contributed by atoms with Crippen molar-refractivity contribution in [1.82, 2.24) is 0 Å². The highest BCUT2D eigenvalue weighted by molar-refractivity contribution is 7.80. The van der Waals surface area contributed by atoms with Crippen LogP contribution in [0.2, 0.25) is 5.02 Å². The Kier molecular flexibility index (Phi) is 6.11. The summed E-state index contributed by atoms with van der Waals surface area (Å²) in [7, 11) is 1.38. The Balaban J connectivity index is 1.83. The second-order valence-corrected chi connectivity index (χ2v) is 7.89. The summed E-state index contributed by atoms with van der Waals surface area (Å²) in [4.78, 5) is 13.5. The molecule has 1 heterocycles. The molecule has 0 atom stereocenters. The summed E-state index contributed by atoms with van der Waals surface area (Å²) in [6, 6.07) is 4.26. The van der Waals surface area contributed by atoms with Gasteiger partial charge in [0.2, 0.25) is 0 Å². The molecule has 0 aliphatic heterocycles. The fraction of sp³-hybridized carbons (Fsp3) is 0.333. The number of thiophene rings is 1. The maximum Gasteiger partial charge on any atom is 0.341 e. The van der Waals surface area contributed by atoms with Crippen molar-refractivity contribution >= 4 is 56.9 Å². The summed E-state index contributed by atoms with van der Waals surface area (Å²) in [5.41, 5.74) is 2.19. The predicted octanol–water partition coefficient (Wildman–Crippen LogP) is 5.41. The minimum atomic E-state index is -0.494. The van der Waals surface area contributed by atoms with Gasteiger partial charge in [-0.2, -0.15) is 0 Å². The van der Waals surface area contributed by atoms with Gasteiger partial charge in [-0.05, 0) is 61.7 Å². The van der Waals surface area contributed by atoms with Crippen LogP contribution in [-0.2, 0) is 17.6 Å². The Morgan fingerprint density at radius 2 is 2.04 bits per heavy atom. The average Bonchev–Trinajstić information content (AvgIpc) is 2.78. The maximum atomic E-state index is 13.3. The van der Waals surface area contributed by atoms with Crippen molar-refractivity contribution in [2.75, 3.05) is 17.7 Å². The Hall–Kier alpha value is -1.70. The van der Waals surface area contributed by atoms with Gasteiger partial charge in [-0.3, -0.25) is 0 Å². The summed E-state index contributed by atoms with van der Waals surface area (Å²) in [5.74, 6) is -0.856. The lowest BCUT2D eigenvalue weighted by molar-refractivity contribution is 0.0601. The molecule has 138 valence electrons. The molecule has 1 aromatic heterocycles. The van der Waals surface area contributed by atoms with E-state index in [-0.39, 0.29) is 11.0 Å². The first kappa shape index (κ1) is 19.1. The second-order valence-electron chi connectivity index (χ2n) is 5.97.